The van der Waals surface area contributed by atoms with E-state index in [4.69, 9.17) is 4.74 Å². The van der Waals surface area contributed by atoms with Crippen LogP contribution in [0.5, 0.6) is 0 Å². The van der Waals surface area contributed by atoms with E-state index in [1.54, 1.807) is 4.90 Å². The SMILES string of the molecule is CCCC(=O)N1CCN(C2CCN(C(=O)OCC)CC2)CC1. The number of nitrogens with zero attached hydrogens (tertiary/aromatic N) is 3. The summed E-state index contributed by atoms with van der Waals surface area (Å²) < 4.78 is 5.05. The summed E-state index contributed by atoms with van der Waals surface area (Å²) in [5.74, 6) is 0.291. The van der Waals surface area contributed by atoms with Crippen LogP contribution in [0.3, 0.4) is 0 Å². The molecular formula is C16H29N3O3. The number of hydrogen-bond donors (Lipinski definition) is 0. The van der Waals surface area contributed by atoms with Gasteiger partial charge in [-0.3, -0.25) is 9.69 Å². The first-order valence-electron chi connectivity index (χ1n) is 8.59. The van der Waals surface area contributed by atoms with Crippen LogP contribution in [0.25, 0.3) is 0 Å². The fourth-order valence-corrected chi connectivity index (χ4v) is 3.34. The maximum atomic E-state index is 11.9. The molecule has 0 aromatic rings. The Hall–Kier alpha value is -1.30. The van der Waals surface area contributed by atoms with Gasteiger partial charge in [0.15, 0.2) is 0 Å². The summed E-state index contributed by atoms with van der Waals surface area (Å²) in [5, 5.41) is 0. The van der Waals surface area contributed by atoms with E-state index < -0.39 is 0 Å². The Bertz CT molecular complexity index is 337. The number of likely N-dealkylation sites (tertiary alicyclic amines) is 1. The lowest BCUT2D eigenvalue weighted by Gasteiger charge is -2.42. The minimum absolute atomic E-state index is 0.184. The van der Waals surface area contributed by atoms with Crippen LogP contribution >= 0.6 is 0 Å². The molecule has 2 aliphatic heterocycles. The van der Waals surface area contributed by atoms with Crippen LogP contribution in [-0.2, 0) is 9.53 Å². The van der Waals surface area contributed by atoms with E-state index >= 15 is 0 Å². The van der Waals surface area contributed by atoms with Crippen LogP contribution in [-0.4, -0.2) is 78.6 Å². The van der Waals surface area contributed by atoms with Crippen LogP contribution in [0.2, 0.25) is 0 Å². The monoisotopic (exact) mass is 311 g/mol. The van der Waals surface area contributed by atoms with Crippen LogP contribution in [0.1, 0.15) is 39.5 Å². The number of amides is 2. The predicted molar refractivity (Wildman–Crippen MR) is 84.7 cm³/mol. The molecular weight excluding hydrogens is 282 g/mol. The quantitative estimate of drug-likeness (QED) is 0.790. The van der Waals surface area contributed by atoms with Crippen LogP contribution in [0.4, 0.5) is 4.79 Å². The molecule has 2 amide bonds. The molecule has 0 saturated carbocycles. The number of piperidine rings is 1. The molecule has 0 radical (unpaired) electrons. The number of hydrogen-bond acceptors (Lipinski definition) is 4. The van der Waals surface area contributed by atoms with Gasteiger partial charge in [0.25, 0.3) is 0 Å². The number of piperazine rings is 1. The lowest BCUT2D eigenvalue weighted by Crippen LogP contribution is -2.54. The van der Waals surface area contributed by atoms with Crippen molar-refractivity contribution in [3.63, 3.8) is 0 Å². The van der Waals surface area contributed by atoms with Gasteiger partial charge in [-0.1, -0.05) is 6.92 Å². The minimum atomic E-state index is -0.184. The second-order valence-electron chi connectivity index (χ2n) is 6.08. The summed E-state index contributed by atoms with van der Waals surface area (Å²) in [6.07, 6.45) is 3.41. The molecule has 2 saturated heterocycles. The summed E-state index contributed by atoms with van der Waals surface area (Å²) >= 11 is 0. The van der Waals surface area contributed by atoms with Crippen molar-refractivity contribution in [1.82, 2.24) is 14.7 Å². The molecule has 22 heavy (non-hydrogen) atoms. The van der Waals surface area contributed by atoms with Gasteiger partial charge >= 0.3 is 6.09 Å². The summed E-state index contributed by atoms with van der Waals surface area (Å²) in [7, 11) is 0. The largest absolute Gasteiger partial charge is 0.450 e. The van der Waals surface area contributed by atoms with Crippen molar-refractivity contribution in [1.29, 1.82) is 0 Å². The van der Waals surface area contributed by atoms with E-state index in [9.17, 15) is 9.59 Å². The predicted octanol–water partition coefficient (Wildman–Crippen LogP) is 1.55. The zero-order valence-corrected chi connectivity index (χ0v) is 13.9. The van der Waals surface area contributed by atoms with Gasteiger partial charge in [-0.25, -0.2) is 4.79 Å². The Morgan fingerprint density at radius 1 is 0.955 bits per heavy atom. The summed E-state index contributed by atoms with van der Waals surface area (Å²) in [6.45, 7) is 9.48. The molecule has 6 nitrogen and oxygen atoms in total. The van der Waals surface area contributed by atoms with E-state index in [2.05, 4.69) is 4.90 Å². The zero-order chi connectivity index (χ0) is 15.9. The number of carbonyl (C=O) groups excluding carboxylic acids is 2. The van der Waals surface area contributed by atoms with E-state index in [0.717, 1.165) is 58.5 Å². The molecule has 2 rings (SSSR count). The molecule has 0 atom stereocenters. The molecule has 0 aromatic carbocycles. The highest BCUT2D eigenvalue weighted by Crippen LogP contribution is 2.19. The highest BCUT2D eigenvalue weighted by Gasteiger charge is 2.30. The molecule has 6 heteroatoms. The van der Waals surface area contributed by atoms with Gasteiger partial charge < -0.3 is 14.5 Å². The summed E-state index contributed by atoms with van der Waals surface area (Å²) in [5.41, 5.74) is 0. The lowest BCUT2D eigenvalue weighted by atomic mass is 10.0. The topological polar surface area (TPSA) is 53.1 Å². The van der Waals surface area contributed by atoms with Gasteiger partial charge in [0.1, 0.15) is 0 Å². The molecule has 2 fully saturated rings. The first-order valence-corrected chi connectivity index (χ1v) is 8.59. The van der Waals surface area contributed by atoms with Crippen LogP contribution in [0, 0.1) is 0 Å². The minimum Gasteiger partial charge on any atom is -0.450 e. The Morgan fingerprint density at radius 2 is 1.59 bits per heavy atom. The first kappa shape index (κ1) is 17.1. The van der Waals surface area contributed by atoms with Gasteiger partial charge in [0, 0.05) is 51.7 Å². The summed E-state index contributed by atoms with van der Waals surface area (Å²) in [6, 6.07) is 0.536. The van der Waals surface area contributed by atoms with E-state index in [-0.39, 0.29) is 6.09 Å². The van der Waals surface area contributed by atoms with E-state index in [1.807, 2.05) is 18.7 Å². The van der Waals surface area contributed by atoms with Crippen molar-refractivity contribution >= 4 is 12.0 Å². The Balaban J connectivity index is 1.72. The second kappa shape index (κ2) is 8.36. The van der Waals surface area contributed by atoms with Crippen molar-refractivity contribution in [3.05, 3.63) is 0 Å². The third-order valence-corrected chi connectivity index (χ3v) is 4.64. The Labute approximate surface area is 133 Å². The number of carbonyl (C=O) groups is 2. The maximum absolute atomic E-state index is 11.9. The molecule has 0 aliphatic carbocycles. The molecule has 0 spiro atoms. The van der Waals surface area contributed by atoms with E-state index in [1.165, 1.54) is 0 Å². The summed E-state index contributed by atoms with van der Waals surface area (Å²) in [4.78, 5) is 29.9. The van der Waals surface area contributed by atoms with Crippen molar-refractivity contribution in [2.45, 2.75) is 45.6 Å². The average Bonchev–Trinajstić information content (AvgIpc) is 2.55. The number of ether oxygens (including phenoxy) is 1. The third kappa shape index (κ3) is 4.35. The van der Waals surface area contributed by atoms with Crippen LogP contribution < -0.4 is 0 Å². The highest BCUT2D eigenvalue weighted by molar-refractivity contribution is 5.76. The standard InChI is InChI=1S/C16H29N3O3/c1-3-5-15(20)18-12-10-17(11-13-18)14-6-8-19(9-7-14)16(21)22-4-2/h14H,3-13H2,1-2H3. The molecule has 0 aromatic heterocycles. The van der Waals surface area contributed by atoms with Gasteiger partial charge in [-0.2, -0.15) is 0 Å². The van der Waals surface area contributed by atoms with Crippen molar-refractivity contribution in [2.75, 3.05) is 45.9 Å². The molecule has 2 aliphatic rings. The lowest BCUT2D eigenvalue weighted by molar-refractivity contribution is -0.133. The molecule has 0 bridgehead atoms. The fourth-order valence-electron chi connectivity index (χ4n) is 3.34. The average molecular weight is 311 g/mol. The maximum Gasteiger partial charge on any atom is 0.409 e. The second-order valence-corrected chi connectivity index (χ2v) is 6.08. The molecule has 126 valence electrons. The Kier molecular flexibility index (Phi) is 6.49. The van der Waals surface area contributed by atoms with Crippen molar-refractivity contribution in [2.24, 2.45) is 0 Å². The molecule has 0 unspecified atom stereocenters. The van der Waals surface area contributed by atoms with E-state index in [0.29, 0.717) is 25.0 Å². The number of rotatable bonds is 4. The first-order chi connectivity index (χ1) is 10.7. The third-order valence-electron chi connectivity index (χ3n) is 4.64. The van der Waals surface area contributed by atoms with Gasteiger partial charge in [0.05, 0.1) is 6.61 Å². The van der Waals surface area contributed by atoms with Gasteiger partial charge in [-0.15, -0.1) is 0 Å². The highest BCUT2D eigenvalue weighted by atomic mass is 16.6. The van der Waals surface area contributed by atoms with Gasteiger partial charge in [0.2, 0.25) is 5.91 Å². The normalized spacial score (nSPS) is 21.0. The van der Waals surface area contributed by atoms with Gasteiger partial charge in [-0.05, 0) is 26.2 Å². The smallest absolute Gasteiger partial charge is 0.409 e. The zero-order valence-electron chi connectivity index (χ0n) is 13.9. The van der Waals surface area contributed by atoms with Crippen molar-refractivity contribution < 1.29 is 14.3 Å². The molecule has 2 heterocycles. The molecule has 0 N–H and O–H groups in total. The van der Waals surface area contributed by atoms with Crippen LogP contribution in [0.15, 0.2) is 0 Å². The Morgan fingerprint density at radius 3 is 2.14 bits per heavy atom. The fraction of sp³-hybridized carbons (Fsp3) is 0.875. The van der Waals surface area contributed by atoms with Crippen molar-refractivity contribution in [3.8, 4) is 0 Å².